The fourth-order valence-corrected chi connectivity index (χ4v) is 2.83. The highest BCUT2D eigenvalue weighted by Gasteiger charge is 2.32. The maximum Gasteiger partial charge on any atom is 0.406 e. The first-order valence-corrected chi connectivity index (χ1v) is 6.86. The molecule has 2 rings (SSSR count). The van der Waals surface area contributed by atoms with Crippen LogP contribution in [0.2, 0.25) is 5.15 Å². The van der Waals surface area contributed by atoms with Crippen LogP contribution < -0.4 is 0 Å². The Kier molecular flexibility index (Phi) is 4.48. The van der Waals surface area contributed by atoms with E-state index in [2.05, 4.69) is 9.97 Å². The molecule has 2 aromatic rings. The minimum atomic E-state index is -4.46. The van der Waals surface area contributed by atoms with E-state index in [0.717, 1.165) is 18.4 Å². The summed E-state index contributed by atoms with van der Waals surface area (Å²) in [5.41, 5.74) is 0.641. The number of alkyl halides is 3. The Balaban J connectivity index is 2.25. The fourth-order valence-electron chi connectivity index (χ4n) is 1.56. The first-order chi connectivity index (χ1) is 9.78. The third-order valence-corrected chi connectivity index (χ3v) is 3.93. The van der Waals surface area contributed by atoms with Crippen molar-refractivity contribution in [1.82, 2.24) is 14.9 Å². The number of rotatable bonds is 3. The molecule has 0 bridgehead atoms. The van der Waals surface area contributed by atoms with Gasteiger partial charge in [0, 0.05) is 25.0 Å². The number of carbonyl (C=O) groups excluding carboxylic acids is 1. The van der Waals surface area contributed by atoms with Crippen LogP contribution in [0.3, 0.4) is 0 Å². The molecule has 0 saturated heterocycles. The highest BCUT2D eigenvalue weighted by molar-refractivity contribution is 7.17. The molecule has 2 heterocycles. The van der Waals surface area contributed by atoms with Gasteiger partial charge in [0.2, 0.25) is 0 Å². The number of carbonyl (C=O) groups is 1. The van der Waals surface area contributed by atoms with Crippen LogP contribution in [-0.2, 0) is 0 Å². The molecule has 9 heteroatoms. The van der Waals surface area contributed by atoms with E-state index in [0.29, 0.717) is 15.5 Å². The summed E-state index contributed by atoms with van der Waals surface area (Å²) in [5.74, 6) is -0.815. The number of aromatic nitrogens is 2. The van der Waals surface area contributed by atoms with E-state index in [9.17, 15) is 18.0 Å². The Bertz CT molecular complexity index is 645. The standard InChI is InChI=1S/C12H9ClF3N3OS/c1-19(6-12(14,15)16)11(20)8-9(13)18-10(21-8)7-3-2-4-17-5-7/h2-5H,6H2,1H3. The van der Waals surface area contributed by atoms with Gasteiger partial charge in [0.05, 0.1) is 0 Å². The Hall–Kier alpha value is -1.67. The van der Waals surface area contributed by atoms with E-state index >= 15 is 0 Å². The zero-order valence-electron chi connectivity index (χ0n) is 10.7. The first-order valence-electron chi connectivity index (χ1n) is 5.67. The molecule has 21 heavy (non-hydrogen) atoms. The lowest BCUT2D eigenvalue weighted by Gasteiger charge is -2.17. The Labute approximate surface area is 127 Å². The molecule has 0 unspecified atom stereocenters. The van der Waals surface area contributed by atoms with Crippen molar-refractivity contribution in [3.63, 3.8) is 0 Å². The normalized spacial score (nSPS) is 11.5. The number of amides is 1. The zero-order valence-corrected chi connectivity index (χ0v) is 12.3. The third-order valence-electron chi connectivity index (χ3n) is 2.45. The number of hydrogen-bond acceptors (Lipinski definition) is 4. The van der Waals surface area contributed by atoms with Gasteiger partial charge in [-0.15, -0.1) is 11.3 Å². The molecule has 0 aromatic carbocycles. The number of hydrogen-bond donors (Lipinski definition) is 0. The van der Waals surface area contributed by atoms with Gasteiger partial charge in [0.25, 0.3) is 5.91 Å². The Morgan fingerprint density at radius 3 is 2.76 bits per heavy atom. The molecule has 0 radical (unpaired) electrons. The maximum atomic E-state index is 12.3. The highest BCUT2D eigenvalue weighted by Crippen LogP contribution is 2.31. The summed E-state index contributed by atoms with van der Waals surface area (Å²) in [5, 5.41) is 0.315. The summed E-state index contributed by atoms with van der Waals surface area (Å²) in [6.07, 6.45) is -1.36. The smallest absolute Gasteiger partial charge is 0.332 e. The molecule has 0 fully saturated rings. The molecular formula is C12H9ClF3N3OS. The maximum absolute atomic E-state index is 12.3. The van der Waals surface area contributed by atoms with E-state index in [4.69, 9.17) is 11.6 Å². The number of pyridine rings is 1. The van der Waals surface area contributed by atoms with Gasteiger partial charge >= 0.3 is 6.18 Å². The van der Waals surface area contributed by atoms with Gasteiger partial charge in [-0.05, 0) is 12.1 Å². The second-order valence-corrected chi connectivity index (χ2v) is 5.51. The summed E-state index contributed by atoms with van der Waals surface area (Å²) >= 11 is 6.79. The van der Waals surface area contributed by atoms with Crippen molar-refractivity contribution in [2.75, 3.05) is 13.6 Å². The first kappa shape index (κ1) is 15.7. The number of thiazole rings is 1. The second kappa shape index (κ2) is 5.98. The molecule has 0 aliphatic heterocycles. The predicted octanol–water partition coefficient (Wildman–Crippen LogP) is 3.49. The minimum Gasteiger partial charge on any atom is -0.332 e. The average Bonchev–Trinajstić information content (AvgIpc) is 2.79. The Morgan fingerprint density at radius 1 is 1.48 bits per heavy atom. The van der Waals surface area contributed by atoms with Crippen molar-refractivity contribution in [2.45, 2.75) is 6.18 Å². The molecule has 0 spiro atoms. The third kappa shape index (κ3) is 3.92. The summed E-state index contributed by atoms with van der Waals surface area (Å²) < 4.78 is 36.9. The second-order valence-electron chi connectivity index (χ2n) is 4.16. The van der Waals surface area contributed by atoms with E-state index in [1.165, 1.54) is 6.20 Å². The number of nitrogens with zero attached hydrogens (tertiary/aromatic N) is 3. The average molecular weight is 336 g/mol. The summed E-state index contributed by atoms with van der Waals surface area (Å²) in [6, 6.07) is 3.40. The summed E-state index contributed by atoms with van der Waals surface area (Å²) in [6.45, 7) is -1.34. The van der Waals surface area contributed by atoms with Gasteiger partial charge in [-0.3, -0.25) is 9.78 Å². The summed E-state index contributed by atoms with van der Waals surface area (Å²) in [7, 11) is 1.07. The monoisotopic (exact) mass is 335 g/mol. The van der Waals surface area contributed by atoms with Crippen molar-refractivity contribution < 1.29 is 18.0 Å². The number of halogens is 4. The van der Waals surface area contributed by atoms with Gasteiger partial charge in [-0.25, -0.2) is 4.98 Å². The quantitative estimate of drug-likeness (QED) is 0.862. The predicted molar refractivity (Wildman–Crippen MR) is 73.4 cm³/mol. The molecule has 2 aromatic heterocycles. The molecule has 0 N–H and O–H groups in total. The minimum absolute atomic E-state index is 0.0257. The highest BCUT2D eigenvalue weighted by atomic mass is 35.5. The van der Waals surface area contributed by atoms with Crippen molar-refractivity contribution in [2.24, 2.45) is 0 Å². The topological polar surface area (TPSA) is 46.1 Å². The summed E-state index contributed by atoms with van der Waals surface area (Å²) in [4.78, 5) is 20.4. The molecule has 4 nitrogen and oxygen atoms in total. The Morgan fingerprint density at radius 2 is 2.19 bits per heavy atom. The largest absolute Gasteiger partial charge is 0.406 e. The lowest BCUT2D eigenvalue weighted by molar-refractivity contribution is -0.138. The molecule has 1 amide bonds. The molecule has 0 atom stereocenters. The SMILES string of the molecule is CN(CC(F)(F)F)C(=O)c1sc(-c2cccnc2)nc1Cl. The molecule has 0 aliphatic rings. The van der Waals surface area contributed by atoms with Crippen LogP contribution in [-0.4, -0.2) is 40.5 Å². The fraction of sp³-hybridized carbons (Fsp3) is 0.250. The van der Waals surface area contributed by atoms with Gasteiger partial charge in [-0.2, -0.15) is 13.2 Å². The van der Waals surface area contributed by atoms with Crippen molar-refractivity contribution in [3.05, 3.63) is 34.6 Å². The van der Waals surface area contributed by atoms with Crippen LogP contribution in [0.5, 0.6) is 0 Å². The van der Waals surface area contributed by atoms with E-state index < -0.39 is 18.6 Å². The van der Waals surface area contributed by atoms with E-state index in [-0.39, 0.29) is 10.0 Å². The molecule has 112 valence electrons. The van der Waals surface area contributed by atoms with Crippen LogP contribution in [0.4, 0.5) is 13.2 Å². The van der Waals surface area contributed by atoms with Gasteiger partial charge < -0.3 is 4.90 Å². The molecule has 0 aliphatic carbocycles. The molecule has 0 saturated carbocycles. The zero-order chi connectivity index (χ0) is 15.6. The van der Waals surface area contributed by atoms with Crippen molar-refractivity contribution in [1.29, 1.82) is 0 Å². The van der Waals surface area contributed by atoms with E-state index in [1.807, 2.05) is 0 Å². The van der Waals surface area contributed by atoms with Crippen LogP contribution in [0.15, 0.2) is 24.5 Å². The van der Waals surface area contributed by atoms with Crippen LogP contribution >= 0.6 is 22.9 Å². The lowest BCUT2D eigenvalue weighted by atomic mass is 10.3. The van der Waals surface area contributed by atoms with Gasteiger partial charge in [-0.1, -0.05) is 11.6 Å². The van der Waals surface area contributed by atoms with Crippen LogP contribution in [0.1, 0.15) is 9.67 Å². The van der Waals surface area contributed by atoms with Crippen molar-refractivity contribution in [3.8, 4) is 10.6 Å². The molecular weight excluding hydrogens is 327 g/mol. The van der Waals surface area contributed by atoms with Gasteiger partial charge in [0.1, 0.15) is 16.4 Å². The van der Waals surface area contributed by atoms with Crippen molar-refractivity contribution >= 4 is 28.8 Å². The van der Waals surface area contributed by atoms with Gasteiger partial charge in [0.15, 0.2) is 5.15 Å². The van der Waals surface area contributed by atoms with Crippen LogP contribution in [0, 0.1) is 0 Å². The van der Waals surface area contributed by atoms with E-state index in [1.54, 1.807) is 18.3 Å². The van der Waals surface area contributed by atoms with Crippen LogP contribution in [0.25, 0.3) is 10.6 Å². The lowest BCUT2D eigenvalue weighted by Crippen LogP contribution is -2.35.